The summed E-state index contributed by atoms with van der Waals surface area (Å²) in [6.07, 6.45) is 0. The van der Waals surface area contributed by atoms with E-state index in [0.717, 1.165) is 65.6 Å². The van der Waals surface area contributed by atoms with Gasteiger partial charge in [0.05, 0.1) is 16.6 Å². The molecule has 2 heteroatoms. The van der Waals surface area contributed by atoms with Gasteiger partial charge in [0, 0.05) is 27.1 Å². The maximum Gasteiger partial charge on any atom is 0.146 e. The molecule has 0 aliphatic rings. The van der Waals surface area contributed by atoms with E-state index in [9.17, 15) is 0 Å². The molecule has 0 bridgehead atoms. The Morgan fingerprint density at radius 1 is 0.372 bits per heavy atom. The molecule has 7 aromatic carbocycles. The van der Waals surface area contributed by atoms with Gasteiger partial charge in [-0.15, -0.1) is 0 Å². The zero-order valence-electron chi connectivity index (χ0n) is 23.3. The lowest BCUT2D eigenvalue weighted by atomic mass is 9.91. The molecule has 0 radical (unpaired) electrons. The van der Waals surface area contributed by atoms with E-state index in [1.807, 2.05) is 6.07 Å². The molecule has 0 saturated heterocycles. The molecule has 0 saturated carbocycles. The largest absolute Gasteiger partial charge is 0.455 e. The van der Waals surface area contributed by atoms with Gasteiger partial charge in [-0.3, -0.25) is 0 Å². The van der Waals surface area contributed by atoms with Crippen LogP contribution in [0.4, 0.5) is 0 Å². The van der Waals surface area contributed by atoms with Crippen molar-refractivity contribution in [2.75, 3.05) is 0 Å². The lowest BCUT2D eigenvalue weighted by Gasteiger charge is -2.15. The fourth-order valence-corrected chi connectivity index (χ4v) is 6.66. The van der Waals surface area contributed by atoms with Gasteiger partial charge in [-0.1, -0.05) is 127 Å². The molecule has 0 fully saturated rings. The minimum Gasteiger partial charge on any atom is -0.455 e. The third-order valence-electron chi connectivity index (χ3n) is 8.61. The quantitative estimate of drug-likeness (QED) is 0.206. The summed E-state index contributed by atoms with van der Waals surface area (Å²) < 4.78 is 6.64. The third-order valence-corrected chi connectivity index (χ3v) is 8.61. The lowest BCUT2D eigenvalue weighted by Crippen LogP contribution is -1.93. The fourth-order valence-electron chi connectivity index (χ4n) is 6.66. The van der Waals surface area contributed by atoms with E-state index < -0.39 is 0 Å². The van der Waals surface area contributed by atoms with Crippen LogP contribution in [0.2, 0.25) is 0 Å². The molecule has 9 rings (SSSR count). The number of hydrogen-bond donors (Lipinski definition) is 0. The van der Waals surface area contributed by atoms with Crippen LogP contribution < -0.4 is 0 Å². The number of aromatic nitrogens is 1. The molecule has 9 aromatic rings. The molecular formula is C41H25NO. The van der Waals surface area contributed by atoms with Crippen LogP contribution in [0.1, 0.15) is 0 Å². The Labute approximate surface area is 248 Å². The summed E-state index contributed by atoms with van der Waals surface area (Å²) in [6, 6.07) is 53.6. The van der Waals surface area contributed by atoms with Crippen molar-refractivity contribution in [3.05, 3.63) is 152 Å². The van der Waals surface area contributed by atoms with Crippen LogP contribution in [0, 0.1) is 0 Å². The Hall–Kier alpha value is -5.73. The van der Waals surface area contributed by atoms with Crippen molar-refractivity contribution in [2.45, 2.75) is 0 Å². The summed E-state index contributed by atoms with van der Waals surface area (Å²) in [5.74, 6) is 0. The van der Waals surface area contributed by atoms with Crippen LogP contribution in [-0.2, 0) is 0 Å². The number of furan rings is 1. The van der Waals surface area contributed by atoms with Crippen molar-refractivity contribution in [1.29, 1.82) is 0 Å². The van der Waals surface area contributed by atoms with E-state index in [0.29, 0.717) is 0 Å². The van der Waals surface area contributed by atoms with E-state index in [1.165, 1.54) is 22.3 Å². The molecule has 0 aliphatic heterocycles. The van der Waals surface area contributed by atoms with Gasteiger partial charge in [-0.2, -0.15) is 0 Å². The first-order valence-electron chi connectivity index (χ1n) is 14.6. The fraction of sp³-hybridized carbons (Fsp3) is 0. The SMILES string of the molecule is c1ccc(-c2cc(-c3ccccc3)cc(-c3nc4c5ccccc5c5c6ccccc6oc5c4c4ccccc34)c2)cc1. The Morgan fingerprint density at radius 3 is 1.51 bits per heavy atom. The molecule has 0 amide bonds. The van der Waals surface area contributed by atoms with E-state index in [2.05, 4.69) is 146 Å². The number of pyridine rings is 1. The van der Waals surface area contributed by atoms with Crippen molar-refractivity contribution >= 4 is 54.4 Å². The highest BCUT2D eigenvalue weighted by atomic mass is 16.3. The van der Waals surface area contributed by atoms with Crippen molar-refractivity contribution in [3.8, 4) is 33.5 Å². The predicted octanol–water partition coefficient (Wildman–Crippen LogP) is 11.4. The smallest absolute Gasteiger partial charge is 0.146 e. The highest BCUT2D eigenvalue weighted by Gasteiger charge is 2.21. The van der Waals surface area contributed by atoms with Gasteiger partial charge in [0.15, 0.2) is 0 Å². The van der Waals surface area contributed by atoms with Crippen molar-refractivity contribution in [1.82, 2.24) is 4.98 Å². The molecule has 0 N–H and O–H groups in total. The van der Waals surface area contributed by atoms with Crippen molar-refractivity contribution < 1.29 is 4.42 Å². The van der Waals surface area contributed by atoms with E-state index >= 15 is 0 Å². The Kier molecular flexibility index (Phi) is 5.23. The number of rotatable bonds is 3. The van der Waals surface area contributed by atoms with Gasteiger partial charge < -0.3 is 4.42 Å². The molecule has 0 spiro atoms. The maximum atomic E-state index is 6.64. The zero-order valence-corrected chi connectivity index (χ0v) is 23.3. The molecule has 0 aliphatic carbocycles. The summed E-state index contributed by atoms with van der Waals surface area (Å²) in [7, 11) is 0. The Balaban J connectivity index is 1.44. The number of hydrogen-bond acceptors (Lipinski definition) is 2. The summed E-state index contributed by atoms with van der Waals surface area (Å²) in [5, 5.41) is 7.88. The first kappa shape index (κ1) is 23.9. The van der Waals surface area contributed by atoms with Crippen LogP contribution in [0.25, 0.3) is 87.9 Å². The van der Waals surface area contributed by atoms with Crippen LogP contribution >= 0.6 is 0 Å². The minimum absolute atomic E-state index is 0.895. The second kappa shape index (κ2) is 9.40. The molecule has 200 valence electrons. The summed E-state index contributed by atoms with van der Waals surface area (Å²) in [4.78, 5) is 5.53. The van der Waals surface area contributed by atoms with E-state index in [-0.39, 0.29) is 0 Å². The minimum atomic E-state index is 0.895. The van der Waals surface area contributed by atoms with Crippen LogP contribution in [0.15, 0.2) is 156 Å². The normalized spacial score (nSPS) is 11.7. The zero-order chi connectivity index (χ0) is 28.3. The van der Waals surface area contributed by atoms with Gasteiger partial charge in [0.2, 0.25) is 0 Å². The average Bonchev–Trinajstić information content (AvgIpc) is 3.48. The monoisotopic (exact) mass is 547 g/mol. The first-order chi connectivity index (χ1) is 21.3. The molecule has 0 atom stereocenters. The number of benzene rings is 7. The summed E-state index contributed by atoms with van der Waals surface area (Å²) in [6.45, 7) is 0. The predicted molar refractivity (Wildman–Crippen MR) is 180 cm³/mol. The van der Waals surface area contributed by atoms with Gasteiger partial charge in [0.1, 0.15) is 11.2 Å². The van der Waals surface area contributed by atoms with Crippen LogP contribution in [-0.4, -0.2) is 4.98 Å². The maximum absolute atomic E-state index is 6.64. The molecule has 2 heterocycles. The molecule has 2 aromatic heterocycles. The first-order valence-corrected chi connectivity index (χ1v) is 14.6. The van der Waals surface area contributed by atoms with Gasteiger partial charge in [-0.25, -0.2) is 4.98 Å². The highest BCUT2D eigenvalue weighted by Crippen LogP contribution is 2.45. The van der Waals surface area contributed by atoms with Crippen molar-refractivity contribution in [3.63, 3.8) is 0 Å². The molecular weight excluding hydrogens is 522 g/mol. The van der Waals surface area contributed by atoms with E-state index in [4.69, 9.17) is 9.40 Å². The second-order valence-corrected chi connectivity index (χ2v) is 11.1. The van der Waals surface area contributed by atoms with Crippen LogP contribution in [0.5, 0.6) is 0 Å². The second-order valence-electron chi connectivity index (χ2n) is 11.1. The molecule has 43 heavy (non-hydrogen) atoms. The van der Waals surface area contributed by atoms with Crippen LogP contribution in [0.3, 0.4) is 0 Å². The Bertz CT molecular complexity index is 2430. The number of fused-ring (bicyclic) bond motifs is 10. The van der Waals surface area contributed by atoms with Crippen molar-refractivity contribution in [2.24, 2.45) is 0 Å². The average molecular weight is 548 g/mol. The molecule has 0 unspecified atom stereocenters. The highest BCUT2D eigenvalue weighted by molar-refractivity contribution is 6.34. The standard InChI is InChI=1S/C41H25NO/c1-3-13-26(14-4-1)28-23-29(27-15-5-2-6-16-27)25-30(24-28)39-33-19-9-8-18-32(33)38-40(42-39)34-20-10-7-17-31(34)37-35-21-11-12-22-36(35)43-41(37)38/h1-25H. The van der Waals surface area contributed by atoms with Gasteiger partial charge in [-0.05, 0) is 57.3 Å². The number of para-hydroxylation sites is 1. The van der Waals surface area contributed by atoms with Gasteiger partial charge in [0.25, 0.3) is 0 Å². The number of nitrogens with zero attached hydrogens (tertiary/aromatic N) is 1. The topological polar surface area (TPSA) is 26.0 Å². The van der Waals surface area contributed by atoms with Gasteiger partial charge >= 0.3 is 0 Å². The van der Waals surface area contributed by atoms with E-state index in [1.54, 1.807) is 0 Å². The lowest BCUT2D eigenvalue weighted by molar-refractivity contribution is 0.673. The summed E-state index contributed by atoms with van der Waals surface area (Å²) >= 11 is 0. The molecule has 2 nitrogen and oxygen atoms in total. The summed E-state index contributed by atoms with van der Waals surface area (Å²) in [5.41, 5.74) is 9.51. The Morgan fingerprint density at radius 2 is 0.860 bits per heavy atom. The third kappa shape index (κ3) is 3.70.